The van der Waals surface area contributed by atoms with Crippen LogP contribution in [0.3, 0.4) is 0 Å². The van der Waals surface area contributed by atoms with Crippen LogP contribution < -0.4 is 5.32 Å². The highest BCUT2D eigenvalue weighted by molar-refractivity contribution is 9.10. The standard InChI is InChI=1S/C16H19BrN2O2/c17-13-4-1-12(2-5-13)3-6-16(20)19-8-7-14(9-19)18-15-10-21-11-15/h1-6,14-15,18H,7-11H2/b6-3+. The molecule has 0 saturated carbocycles. The average Bonchev–Trinajstić information content (AvgIpc) is 2.91. The lowest BCUT2D eigenvalue weighted by atomic mass is 10.2. The Morgan fingerprint density at radius 2 is 2.05 bits per heavy atom. The monoisotopic (exact) mass is 350 g/mol. The third-order valence-corrected chi connectivity index (χ3v) is 4.43. The van der Waals surface area contributed by atoms with Crippen molar-refractivity contribution in [1.82, 2.24) is 10.2 Å². The number of nitrogens with zero attached hydrogens (tertiary/aromatic N) is 1. The number of rotatable bonds is 4. The maximum atomic E-state index is 12.2. The second-order valence-corrected chi connectivity index (χ2v) is 6.47. The average molecular weight is 351 g/mol. The van der Waals surface area contributed by atoms with Gasteiger partial charge in [0.1, 0.15) is 0 Å². The largest absolute Gasteiger partial charge is 0.378 e. The second-order valence-electron chi connectivity index (χ2n) is 5.56. The van der Waals surface area contributed by atoms with Crippen molar-refractivity contribution in [2.45, 2.75) is 18.5 Å². The van der Waals surface area contributed by atoms with Gasteiger partial charge in [-0.05, 0) is 30.2 Å². The van der Waals surface area contributed by atoms with Crippen molar-refractivity contribution in [2.75, 3.05) is 26.3 Å². The predicted octanol–water partition coefficient (Wildman–Crippen LogP) is 2.05. The van der Waals surface area contributed by atoms with E-state index in [4.69, 9.17) is 4.74 Å². The van der Waals surface area contributed by atoms with E-state index in [1.165, 1.54) is 0 Å². The number of ether oxygens (including phenoxy) is 1. The zero-order valence-electron chi connectivity index (χ0n) is 11.8. The number of halogens is 1. The number of carbonyl (C=O) groups excluding carboxylic acids is 1. The summed E-state index contributed by atoms with van der Waals surface area (Å²) in [5.74, 6) is 0.0899. The third kappa shape index (κ3) is 3.93. The van der Waals surface area contributed by atoms with E-state index in [2.05, 4.69) is 21.2 Å². The number of carbonyl (C=O) groups is 1. The SMILES string of the molecule is O=C(/C=C/c1ccc(Br)cc1)N1CCC(NC2COC2)C1. The third-order valence-electron chi connectivity index (χ3n) is 3.90. The van der Waals surface area contributed by atoms with E-state index in [0.29, 0.717) is 12.1 Å². The molecule has 3 rings (SSSR count). The first-order chi connectivity index (χ1) is 10.2. The topological polar surface area (TPSA) is 41.6 Å². The molecule has 0 bridgehead atoms. The van der Waals surface area contributed by atoms with E-state index in [-0.39, 0.29) is 5.91 Å². The van der Waals surface area contributed by atoms with Crippen molar-refractivity contribution < 1.29 is 9.53 Å². The molecule has 112 valence electrons. The number of likely N-dealkylation sites (tertiary alicyclic amines) is 1. The number of hydrogen-bond acceptors (Lipinski definition) is 3. The van der Waals surface area contributed by atoms with Gasteiger partial charge in [-0.25, -0.2) is 0 Å². The fourth-order valence-corrected chi connectivity index (χ4v) is 2.87. The molecule has 1 N–H and O–H groups in total. The molecule has 1 aromatic rings. The number of amides is 1. The molecule has 1 aromatic carbocycles. The fourth-order valence-electron chi connectivity index (χ4n) is 2.61. The van der Waals surface area contributed by atoms with Gasteiger partial charge in [-0.2, -0.15) is 0 Å². The Hall–Kier alpha value is -1.17. The van der Waals surface area contributed by atoms with Gasteiger partial charge >= 0.3 is 0 Å². The van der Waals surface area contributed by atoms with Gasteiger partial charge in [0.05, 0.1) is 19.3 Å². The van der Waals surface area contributed by atoms with Gasteiger partial charge in [0.25, 0.3) is 0 Å². The molecule has 0 spiro atoms. The zero-order valence-corrected chi connectivity index (χ0v) is 13.4. The summed E-state index contributed by atoms with van der Waals surface area (Å²) in [5.41, 5.74) is 1.03. The van der Waals surface area contributed by atoms with Crippen LogP contribution in [0.5, 0.6) is 0 Å². The minimum atomic E-state index is 0.0899. The fraction of sp³-hybridized carbons (Fsp3) is 0.438. The number of nitrogens with one attached hydrogen (secondary N) is 1. The Balaban J connectivity index is 1.50. The first kappa shape index (κ1) is 14.8. The van der Waals surface area contributed by atoms with Gasteiger partial charge in [-0.3, -0.25) is 4.79 Å². The minimum absolute atomic E-state index is 0.0899. The van der Waals surface area contributed by atoms with Crippen LogP contribution in [0.15, 0.2) is 34.8 Å². The molecule has 2 aliphatic heterocycles. The van der Waals surface area contributed by atoms with Crippen LogP contribution >= 0.6 is 15.9 Å². The van der Waals surface area contributed by atoms with Crippen molar-refractivity contribution >= 4 is 27.9 Å². The molecular weight excluding hydrogens is 332 g/mol. The summed E-state index contributed by atoms with van der Waals surface area (Å²) in [6.07, 6.45) is 4.56. The highest BCUT2D eigenvalue weighted by Crippen LogP contribution is 2.14. The van der Waals surface area contributed by atoms with Crippen molar-refractivity contribution in [3.8, 4) is 0 Å². The summed E-state index contributed by atoms with van der Waals surface area (Å²) < 4.78 is 6.20. The molecule has 1 unspecified atom stereocenters. The van der Waals surface area contributed by atoms with Gasteiger partial charge in [-0.1, -0.05) is 28.1 Å². The quantitative estimate of drug-likeness (QED) is 0.845. The summed E-state index contributed by atoms with van der Waals surface area (Å²) in [6, 6.07) is 8.80. The molecule has 2 heterocycles. The number of hydrogen-bond donors (Lipinski definition) is 1. The molecule has 0 radical (unpaired) electrons. The zero-order chi connectivity index (χ0) is 14.7. The van der Waals surface area contributed by atoms with Crippen LogP contribution in [0.25, 0.3) is 6.08 Å². The summed E-state index contributed by atoms with van der Waals surface area (Å²) in [7, 11) is 0. The van der Waals surface area contributed by atoms with Gasteiger partial charge in [0, 0.05) is 29.7 Å². The van der Waals surface area contributed by atoms with Crippen molar-refractivity contribution in [2.24, 2.45) is 0 Å². The Morgan fingerprint density at radius 3 is 2.71 bits per heavy atom. The van der Waals surface area contributed by atoms with Gasteiger partial charge in [0.2, 0.25) is 5.91 Å². The van der Waals surface area contributed by atoms with E-state index >= 15 is 0 Å². The second kappa shape index (κ2) is 6.73. The van der Waals surface area contributed by atoms with Crippen molar-refractivity contribution in [3.63, 3.8) is 0 Å². The summed E-state index contributed by atoms with van der Waals surface area (Å²) in [4.78, 5) is 14.1. The van der Waals surface area contributed by atoms with E-state index in [9.17, 15) is 4.79 Å². The van der Waals surface area contributed by atoms with E-state index in [1.54, 1.807) is 6.08 Å². The molecule has 2 aliphatic rings. The van der Waals surface area contributed by atoms with E-state index in [0.717, 1.165) is 42.8 Å². The lowest BCUT2D eigenvalue weighted by molar-refractivity contribution is -0.125. The molecule has 4 nitrogen and oxygen atoms in total. The summed E-state index contributed by atoms with van der Waals surface area (Å²) in [6.45, 7) is 3.22. The highest BCUT2D eigenvalue weighted by atomic mass is 79.9. The molecule has 2 fully saturated rings. The Bertz CT molecular complexity index is 526. The van der Waals surface area contributed by atoms with Crippen LogP contribution in [0.1, 0.15) is 12.0 Å². The molecule has 0 aliphatic carbocycles. The Labute approximate surface area is 133 Å². The maximum absolute atomic E-state index is 12.2. The Kier molecular flexibility index (Phi) is 4.73. The molecule has 2 saturated heterocycles. The maximum Gasteiger partial charge on any atom is 0.246 e. The van der Waals surface area contributed by atoms with Crippen molar-refractivity contribution in [3.05, 3.63) is 40.4 Å². The summed E-state index contributed by atoms with van der Waals surface area (Å²) in [5, 5.41) is 3.53. The highest BCUT2D eigenvalue weighted by Gasteiger charge is 2.28. The van der Waals surface area contributed by atoms with Crippen LogP contribution in [0.4, 0.5) is 0 Å². The molecule has 0 aromatic heterocycles. The number of benzene rings is 1. The Morgan fingerprint density at radius 1 is 1.29 bits per heavy atom. The molecule has 1 amide bonds. The molecule has 5 heteroatoms. The molecular formula is C16H19BrN2O2. The van der Waals surface area contributed by atoms with Crippen LogP contribution in [-0.4, -0.2) is 49.2 Å². The van der Waals surface area contributed by atoms with E-state index in [1.807, 2.05) is 35.2 Å². The van der Waals surface area contributed by atoms with Crippen molar-refractivity contribution in [1.29, 1.82) is 0 Å². The van der Waals surface area contributed by atoms with Gasteiger partial charge in [-0.15, -0.1) is 0 Å². The van der Waals surface area contributed by atoms with Gasteiger partial charge < -0.3 is 15.0 Å². The first-order valence-electron chi connectivity index (χ1n) is 7.27. The first-order valence-corrected chi connectivity index (χ1v) is 8.06. The van der Waals surface area contributed by atoms with Gasteiger partial charge in [0.15, 0.2) is 0 Å². The molecule has 1 atom stereocenters. The lowest BCUT2D eigenvalue weighted by Crippen LogP contribution is -2.51. The van der Waals surface area contributed by atoms with Crippen LogP contribution in [-0.2, 0) is 9.53 Å². The predicted molar refractivity (Wildman–Crippen MR) is 85.9 cm³/mol. The molecule has 21 heavy (non-hydrogen) atoms. The van der Waals surface area contributed by atoms with E-state index < -0.39 is 0 Å². The smallest absolute Gasteiger partial charge is 0.246 e. The lowest BCUT2D eigenvalue weighted by Gasteiger charge is -2.29. The normalized spacial score (nSPS) is 22.7. The van der Waals surface area contributed by atoms with Crippen LogP contribution in [0, 0.1) is 0 Å². The minimum Gasteiger partial charge on any atom is -0.378 e. The van der Waals surface area contributed by atoms with Crippen LogP contribution in [0.2, 0.25) is 0 Å². The summed E-state index contributed by atoms with van der Waals surface area (Å²) >= 11 is 3.40.